The highest BCUT2D eigenvalue weighted by Gasteiger charge is 2.30. The van der Waals surface area contributed by atoms with Crippen LogP contribution in [0.3, 0.4) is 0 Å². The molecule has 3 heterocycles. The molecule has 3 rings (SSSR count). The fourth-order valence-corrected chi connectivity index (χ4v) is 3.61. The number of thiophene rings is 1. The predicted molar refractivity (Wildman–Crippen MR) is 97.6 cm³/mol. The standard InChI is InChI=1S/C18H20N4O3S/c1-11-3-2-7-19-16(11)14(9-12-6-8-26-10-12)20-15(23)5-4-13-17(24)22-18(25)21-13/h2-3,6-8,10,13-14H,4-5,9H2,1H3,(H,20,23)(H2,21,22,24,25). The van der Waals surface area contributed by atoms with Crippen LogP contribution in [0.2, 0.25) is 0 Å². The second kappa shape index (κ2) is 8.09. The van der Waals surface area contributed by atoms with Crippen LogP contribution < -0.4 is 16.0 Å². The quantitative estimate of drug-likeness (QED) is 0.646. The van der Waals surface area contributed by atoms with Gasteiger partial charge < -0.3 is 10.6 Å². The minimum atomic E-state index is -0.653. The van der Waals surface area contributed by atoms with Gasteiger partial charge in [0.25, 0.3) is 5.91 Å². The fraction of sp³-hybridized carbons (Fsp3) is 0.333. The molecule has 0 bridgehead atoms. The molecule has 4 amide bonds. The van der Waals surface area contributed by atoms with Gasteiger partial charge in [-0.2, -0.15) is 11.3 Å². The summed E-state index contributed by atoms with van der Waals surface area (Å²) in [5.41, 5.74) is 2.97. The number of carbonyl (C=O) groups excluding carboxylic acids is 3. The van der Waals surface area contributed by atoms with Crippen molar-refractivity contribution in [1.82, 2.24) is 20.9 Å². The zero-order valence-corrected chi connectivity index (χ0v) is 15.1. The second-order valence-electron chi connectivity index (χ2n) is 6.22. The number of rotatable bonds is 7. The third-order valence-corrected chi connectivity index (χ3v) is 4.99. The molecule has 2 aromatic rings. The molecule has 1 aliphatic rings. The van der Waals surface area contributed by atoms with Crippen LogP contribution in [0.15, 0.2) is 35.2 Å². The van der Waals surface area contributed by atoms with Gasteiger partial charge in [-0.15, -0.1) is 0 Å². The van der Waals surface area contributed by atoms with Crippen molar-refractivity contribution < 1.29 is 14.4 Å². The fourth-order valence-electron chi connectivity index (χ4n) is 2.93. The van der Waals surface area contributed by atoms with Crippen molar-refractivity contribution in [2.75, 3.05) is 0 Å². The van der Waals surface area contributed by atoms with E-state index in [0.717, 1.165) is 16.8 Å². The maximum absolute atomic E-state index is 12.4. The van der Waals surface area contributed by atoms with Gasteiger partial charge in [-0.25, -0.2) is 4.79 Å². The van der Waals surface area contributed by atoms with Gasteiger partial charge in [0.2, 0.25) is 5.91 Å². The first-order chi connectivity index (χ1) is 12.5. The van der Waals surface area contributed by atoms with Gasteiger partial charge in [0, 0.05) is 12.6 Å². The van der Waals surface area contributed by atoms with Gasteiger partial charge >= 0.3 is 6.03 Å². The van der Waals surface area contributed by atoms with Crippen molar-refractivity contribution >= 4 is 29.2 Å². The summed E-state index contributed by atoms with van der Waals surface area (Å²) in [6, 6.07) is 4.45. The highest BCUT2D eigenvalue weighted by atomic mass is 32.1. The van der Waals surface area contributed by atoms with Crippen LogP contribution in [-0.4, -0.2) is 28.9 Å². The smallest absolute Gasteiger partial charge is 0.322 e. The van der Waals surface area contributed by atoms with Crippen LogP contribution in [0.5, 0.6) is 0 Å². The summed E-state index contributed by atoms with van der Waals surface area (Å²) in [7, 11) is 0. The van der Waals surface area contributed by atoms with Crippen molar-refractivity contribution in [2.24, 2.45) is 0 Å². The molecule has 3 N–H and O–H groups in total. The lowest BCUT2D eigenvalue weighted by atomic mass is 10.0. The maximum Gasteiger partial charge on any atom is 0.322 e. The van der Waals surface area contributed by atoms with Crippen molar-refractivity contribution in [3.8, 4) is 0 Å². The number of urea groups is 1. The van der Waals surface area contributed by atoms with Gasteiger partial charge in [-0.05, 0) is 53.8 Å². The highest BCUT2D eigenvalue weighted by Crippen LogP contribution is 2.21. The minimum Gasteiger partial charge on any atom is -0.347 e. The first kappa shape index (κ1) is 18.1. The molecular weight excluding hydrogens is 352 g/mol. The molecule has 0 radical (unpaired) electrons. The first-order valence-corrected chi connectivity index (χ1v) is 9.30. The lowest BCUT2D eigenvalue weighted by Gasteiger charge is -2.20. The van der Waals surface area contributed by atoms with Crippen molar-refractivity contribution in [3.05, 3.63) is 52.0 Å². The third kappa shape index (κ3) is 4.45. The summed E-state index contributed by atoms with van der Waals surface area (Å²) < 4.78 is 0. The lowest BCUT2D eigenvalue weighted by Crippen LogP contribution is -2.34. The number of nitrogens with one attached hydrogen (secondary N) is 3. The number of imide groups is 1. The Labute approximate surface area is 155 Å². The van der Waals surface area contributed by atoms with E-state index in [0.29, 0.717) is 6.42 Å². The predicted octanol–water partition coefficient (Wildman–Crippen LogP) is 1.84. The molecule has 7 nitrogen and oxygen atoms in total. The van der Waals surface area contributed by atoms with E-state index in [-0.39, 0.29) is 24.8 Å². The Morgan fingerprint density at radius 1 is 1.38 bits per heavy atom. The van der Waals surface area contributed by atoms with Gasteiger partial charge in [0.1, 0.15) is 6.04 Å². The summed E-state index contributed by atoms with van der Waals surface area (Å²) in [6.07, 6.45) is 2.77. The van der Waals surface area contributed by atoms with E-state index in [1.54, 1.807) is 17.5 Å². The van der Waals surface area contributed by atoms with E-state index in [1.165, 1.54) is 0 Å². The van der Waals surface area contributed by atoms with E-state index < -0.39 is 18.0 Å². The van der Waals surface area contributed by atoms with Crippen molar-refractivity contribution in [1.29, 1.82) is 0 Å². The molecule has 2 aromatic heterocycles. The molecular formula is C18H20N4O3S. The van der Waals surface area contributed by atoms with Gasteiger partial charge in [0.05, 0.1) is 11.7 Å². The Morgan fingerprint density at radius 3 is 2.88 bits per heavy atom. The van der Waals surface area contributed by atoms with Crippen LogP contribution in [0, 0.1) is 6.92 Å². The minimum absolute atomic E-state index is 0.143. The molecule has 0 aliphatic carbocycles. The largest absolute Gasteiger partial charge is 0.347 e. The van der Waals surface area contributed by atoms with E-state index in [1.807, 2.05) is 30.5 Å². The molecule has 8 heteroatoms. The van der Waals surface area contributed by atoms with Gasteiger partial charge in [0.15, 0.2) is 0 Å². The number of hydrogen-bond acceptors (Lipinski definition) is 5. The number of aromatic nitrogens is 1. The topological polar surface area (TPSA) is 100 Å². The van der Waals surface area contributed by atoms with Gasteiger partial charge in [-0.3, -0.25) is 19.9 Å². The molecule has 1 fully saturated rings. The second-order valence-corrected chi connectivity index (χ2v) is 7.00. The van der Waals surface area contributed by atoms with Crippen LogP contribution >= 0.6 is 11.3 Å². The zero-order chi connectivity index (χ0) is 18.5. The number of nitrogens with zero attached hydrogens (tertiary/aromatic N) is 1. The Kier molecular flexibility index (Phi) is 5.62. The summed E-state index contributed by atoms with van der Waals surface area (Å²) >= 11 is 1.61. The van der Waals surface area contributed by atoms with E-state index >= 15 is 0 Å². The molecule has 1 aliphatic heterocycles. The van der Waals surface area contributed by atoms with Crippen LogP contribution in [0.25, 0.3) is 0 Å². The summed E-state index contributed by atoms with van der Waals surface area (Å²) in [6.45, 7) is 1.97. The number of hydrogen-bond donors (Lipinski definition) is 3. The molecule has 2 unspecified atom stereocenters. The molecule has 0 saturated carbocycles. The van der Waals surface area contributed by atoms with Gasteiger partial charge in [-0.1, -0.05) is 6.07 Å². The van der Waals surface area contributed by atoms with Crippen LogP contribution in [0.1, 0.15) is 35.7 Å². The van der Waals surface area contributed by atoms with E-state index in [2.05, 4.69) is 26.3 Å². The molecule has 0 aromatic carbocycles. The summed E-state index contributed by atoms with van der Waals surface area (Å²) in [5.74, 6) is -0.567. The maximum atomic E-state index is 12.4. The number of pyridine rings is 1. The zero-order valence-electron chi connectivity index (χ0n) is 14.3. The Morgan fingerprint density at radius 2 is 2.23 bits per heavy atom. The monoisotopic (exact) mass is 372 g/mol. The summed E-state index contributed by atoms with van der Waals surface area (Å²) in [5, 5.41) is 11.7. The Balaban J connectivity index is 1.65. The molecule has 26 heavy (non-hydrogen) atoms. The van der Waals surface area contributed by atoms with Crippen LogP contribution in [-0.2, 0) is 16.0 Å². The number of aryl methyl sites for hydroxylation is 1. The first-order valence-electron chi connectivity index (χ1n) is 8.36. The average molecular weight is 372 g/mol. The van der Waals surface area contributed by atoms with Crippen molar-refractivity contribution in [3.63, 3.8) is 0 Å². The lowest BCUT2D eigenvalue weighted by molar-refractivity contribution is -0.122. The molecule has 2 atom stereocenters. The van der Waals surface area contributed by atoms with Crippen molar-refractivity contribution in [2.45, 2.75) is 38.3 Å². The average Bonchev–Trinajstić information content (AvgIpc) is 3.22. The molecule has 1 saturated heterocycles. The number of amides is 4. The molecule has 136 valence electrons. The summed E-state index contributed by atoms with van der Waals surface area (Å²) in [4.78, 5) is 39.6. The normalized spacial score (nSPS) is 17.5. The van der Waals surface area contributed by atoms with E-state index in [4.69, 9.17) is 0 Å². The highest BCUT2D eigenvalue weighted by molar-refractivity contribution is 7.07. The van der Waals surface area contributed by atoms with E-state index in [9.17, 15) is 14.4 Å². The van der Waals surface area contributed by atoms with Crippen LogP contribution in [0.4, 0.5) is 4.79 Å². The molecule has 0 spiro atoms. The number of carbonyl (C=O) groups is 3. The Hall–Kier alpha value is -2.74. The SMILES string of the molecule is Cc1cccnc1C(Cc1ccsc1)NC(=O)CCC1NC(=O)NC1=O. The third-order valence-electron chi connectivity index (χ3n) is 4.25. The Bertz CT molecular complexity index is 807.